The maximum Gasteiger partial charge on any atom is 0.338 e. The van der Waals surface area contributed by atoms with Gasteiger partial charge in [0.05, 0.1) is 18.9 Å². The molecule has 0 N–H and O–H groups in total. The minimum atomic E-state index is -3.01. The molecule has 0 amide bonds. The van der Waals surface area contributed by atoms with Crippen molar-refractivity contribution in [2.45, 2.75) is 65.0 Å². The molecule has 0 fully saturated rings. The molecule has 0 saturated heterocycles. The Balaban J connectivity index is 2.67. The number of hydrogen-bond donors (Lipinski definition) is 0. The van der Waals surface area contributed by atoms with Gasteiger partial charge in [-0.1, -0.05) is 44.4 Å². The number of rotatable bonds is 11. The molecule has 1 aliphatic rings. The van der Waals surface area contributed by atoms with Crippen LogP contribution in [0.1, 0.15) is 59.3 Å². The van der Waals surface area contributed by atoms with Crippen molar-refractivity contribution in [1.82, 2.24) is 0 Å². The summed E-state index contributed by atoms with van der Waals surface area (Å²) in [5.41, 5.74) is 2.40. The number of hydrogen-bond acceptors (Lipinski definition) is 3. The minimum absolute atomic E-state index is 0.0962. The number of allylic oxidation sites excluding steroid dienone is 3. The monoisotopic (exact) mass is 300 g/mol. The Morgan fingerprint density at radius 1 is 1.20 bits per heavy atom. The summed E-state index contributed by atoms with van der Waals surface area (Å²) in [5, 5.41) is 0. The lowest BCUT2D eigenvalue weighted by Crippen LogP contribution is -2.25. The summed E-state index contributed by atoms with van der Waals surface area (Å²) >= 11 is 0. The van der Waals surface area contributed by atoms with Crippen LogP contribution in [-0.4, -0.2) is 18.9 Å². The SMILES string of the molecule is C=CC1=C(CCCCCC)CC1P(=O)(OCC)OCC. The van der Waals surface area contributed by atoms with Gasteiger partial charge in [-0.2, -0.15) is 0 Å². The lowest BCUT2D eigenvalue weighted by Gasteiger charge is -2.36. The smallest absolute Gasteiger partial charge is 0.308 e. The first-order valence-electron chi connectivity index (χ1n) is 7.86. The average molecular weight is 300 g/mol. The quantitative estimate of drug-likeness (QED) is 0.374. The first-order chi connectivity index (χ1) is 9.62. The van der Waals surface area contributed by atoms with Gasteiger partial charge in [0, 0.05) is 0 Å². The van der Waals surface area contributed by atoms with Crippen molar-refractivity contribution in [2.24, 2.45) is 0 Å². The van der Waals surface area contributed by atoms with Gasteiger partial charge in [-0.05, 0) is 38.7 Å². The van der Waals surface area contributed by atoms with Crippen LogP contribution in [0.5, 0.6) is 0 Å². The second-order valence-electron chi connectivity index (χ2n) is 5.17. The third kappa shape index (κ3) is 4.31. The van der Waals surface area contributed by atoms with Gasteiger partial charge >= 0.3 is 7.60 Å². The van der Waals surface area contributed by atoms with Crippen LogP contribution in [0.3, 0.4) is 0 Å². The molecule has 0 aromatic heterocycles. The van der Waals surface area contributed by atoms with Crippen LogP contribution >= 0.6 is 7.60 Å². The van der Waals surface area contributed by atoms with Crippen molar-refractivity contribution in [3.05, 3.63) is 23.8 Å². The zero-order chi connectivity index (χ0) is 15.0. The van der Waals surface area contributed by atoms with Crippen LogP contribution in [0.4, 0.5) is 0 Å². The number of unbranched alkanes of at least 4 members (excludes halogenated alkanes) is 3. The van der Waals surface area contributed by atoms with E-state index in [4.69, 9.17) is 9.05 Å². The van der Waals surface area contributed by atoms with E-state index < -0.39 is 7.60 Å². The molecule has 1 unspecified atom stereocenters. The van der Waals surface area contributed by atoms with Gasteiger partial charge in [0.1, 0.15) is 0 Å². The van der Waals surface area contributed by atoms with E-state index >= 15 is 0 Å². The van der Waals surface area contributed by atoms with E-state index in [0.717, 1.165) is 18.4 Å². The molecule has 20 heavy (non-hydrogen) atoms. The first-order valence-corrected chi connectivity index (χ1v) is 9.47. The first kappa shape index (κ1) is 17.7. The summed E-state index contributed by atoms with van der Waals surface area (Å²) in [7, 11) is -3.01. The molecule has 0 spiro atoms. The van der Waals surface area contributed by atoms with Crippen LogP contribution in [0.25, 0.3) is 0 Å². The van der Waals surface area contributed by atoms with Crippen LogP contribution in [0.15, 0.2) is 23.8 Å². The molecule has 0 aliphatic heterocycles. The Morgan fingerprint density at radius 2 is 1.85 bits per heavy atom. The molecule has 1 aliphatic carbocycles. The Morgan fingerprint density at radius 3 is 2.35 bits per heavy atom. The highest BCUT2D eigenvalue weighted by Gasteiger charge is 2.43. The molecule has 0 radical (unpaired) electrons. The Hall–Kier alpha value is -0.370. The van der Waals surface area contributed by atoms with Crippen molar-refractivity contribution in [3.63, 3.8) is 0 Å². The predicted octanol–water partition coefficient (Wildman–Crippen LogP) is 5.48. The minimum Gasteiger partial charge on any atom is -0.308 e. The molecule has 1 atom stereocenters. The molecule has 0 heterocycles. The van der Waals surface area contributed by atoms with Crippen molar-refractivity contribution in [1.29, 1.82) is 0 Å². The van der Waals surface area contributed by atoms with Gasteiger partial charge in [-0.25, -0.2) is 0 Å². The van der Waals surface area contributed by atoms with E-state index in [-0.39, 0.29) is 5.66 Å². The van der Waals surface area contributed by atoms with Gasteiger partial charge in [0.25, 0.3) is 0 Å². The molecule has 0 bridgehead atoms. The maximum absolute atomic E-state index is 12.8. The molecule has 3 nitrogen and oxygen atoms in total. The second-order valence-corrected chi connectivity index (χ2v) is 7.39. The fraction of sp³-hybridized carbons (Fsp3) is 0.750. The fourth-order valence-electron chi connectivity index (χ4n) is 2.72. The van der Waals surface area contributed by atoms with Crippen molar-refractivity contribution >= 4 is 7.60 Å². The third-order valence-electron chi connectivity index (χ3n) is 3.76. The van der Waals surface area contributed by atoms with E-state index in [1.165, 1.54) is 31.3 Å². The molecule has 0 saturated carbocycles. The van der Waals surface area contributed by atoms with Crippen LogP contribution < -0.4 is 0 Å². The van der Waals surface area contributed by atoms with E-state index in [9.17, 15) is 4.57 Å². The highest BCUT2D eigenvalue weighted by molar-refractivity contribution is 7.55. The van der Waals surface area contributed by atoms with E-state index in [1.54, 1.807) is 0 Å². The van der Waals surface area contributed by atoms with Gasteiger partial charge in [0.2, 0.25) is 0 Å². The summed E-state index contributed by atoms with van der Waals surface area (Å²) in [5.74, 6) is 0. The topological polar surface area (TPSA) is 35.5 Å². The van der Waals surface area contributed by atoms with E-state index in [1.807, 2.05) is 19.9 Å². The molecular weight excluding hydrogens is 271 g/mol. The largest absolute Gasteiger partial charge is 0.338 e. The van der Waals surface area contributed by atoms with E-state index in [0.29, 0.717) is 13.2 Å². The lowest BCUT2D eigenvalue weighted by molar-refractivity contribution is 0.212. The molecule has 4 heteroatoms. The van der Waals surface area contributed by atoms with E-state index in [2.05, 4.69) is 13.5 Å². The zero-order valence-corrected chi connectivity index (χ0v) is 14.1. The van der Waals surface area contributed by atoms with Gasteiger partial charge < -0.3 is 9.05 Å². The maximum atomic E-state index is 12.8. The lowest BCUT2D eigenvalue weighted by atomic mass is 9.84. The Bertz CT molecular complexity index is 377. The highest BCUT2D eigenvalue weighted by atomic mass is 31.2. The molecule has 1 rings (SSSR count). The van der Waals surface area contributed by atoms with Crippen molar-refractivity contribution < 1.29 is 13.6 Å². The highest BCUT2D eigenvalue weighted by Crippen LogP contribution is 2.62. The third-order valence-corrected chi connectivity index (χ3v) is 6.22. The summed E-state index contributed by atoms with van der Waals surface area (Å²) in [6.07, 6.45) is 8.79. The van der Waals surface area contributed by atoms with Crippen LogP contribution in [-0.2, 0) is 13.6 Å². The predicted molar refractivity (Wildman–Crippen MR) is 85.2 cm³/mol. The summed E-state index contributed by atoms with van der Waals surface area (Å²) in [4.78, 5) is 0. The molecule has 0 aromatic carbocycles. The van der Waals surface area contributed by atoms with Gasteiger partial charge in [-0.15, -0.1) is 0 Å². The van der Waals surface area contributed by atoms with Gasteiger partial charge in [0.15, 0.2) is 0 Å². The zero-order valence-electron chi connectivity index (χ0n) is 13.2. The fourth-order valence-corrected chi connectivity index (χ4v) is 4.94. The van der Waals surface area contributed by atoms with Crippen molar-refractivity contribution in [3.8, 4) is 0 Å². The summed E-state index contributed by atoms with van der Waals surface area (Å²) in [6.45, 7) is 10.6. The normalized spacial score (nSPS) is 19.1. The van der Waals surface area contributed by atoms with Crippen molar-refractivity contribution in [2.75, 3.05) is 13.2 Å². The van der Waals surface area contributed by atoms with Crippen LogP contribution in [0, 0.1) is 0 Å². The standard InChI is InChI=1S/C16H29O3P/c1-5-9-10-11-12-14-13-16(15(14)6-2)20(17,18-7-3)19-8-4/h6,16H,2,5,7-13H2,1,3-4H3. The Kier molecular flexibility index (Phi) is 7.79. The van der Waals surface area contributed by atoms with Gasteiger partial charge in [-0.3, -0.25) is 4.57 Å². The molecule has 0 aromatic rings. The summed E-state index contributed by atoms with van der Waals surface area (Å²) in [6, 6.07) is 0. The average Bonchev–Trinajstić information content (AvgIpc) is 2.38. The Labute approximate surface area is 124 Å². The van der Waals surface area contributed by atoms with Crippen LogP contribution in [0.2, 0.25) is 0 Å². The molecule has 116 valence electrons. The second kappa shape index (κ2) is 8.81. The molecular formula is C16H29O3P. The summed E-state index contributed by atoms with van der Waals surface area (Å²) < 4.78 is 23.7.